The van der Waals surface area contributed by atoms with Crippen molar-refractivity contribution in [1.29, 1.82) is 0 Å². The molecule has 33 heavy (non-hydrogen) atoms. The number of anilines is 1. The van der Waals surface area contributed by atoms with E-state index in [2.05, 4.69) is 20.3 Å². The summed E-state index contributed by atoms with van der Waals surface area (Å²) in [7, 11) is 1.52. The second kappa shape index (κ2) is 10.3. The predicted octanol–water partition coefficient (Wildman–Crippen LogP) is 5.76. The number of halogens is 2. The van der Waals surface area contributed by atoms with Gasteiger partial charge < -0.3 is 20.1 Å². The average Bonchev–Trinajstić information content (AvgIpc) is 3.15. The topological polar surface area (TPSA) is 100 Å². The number of fused-ring (bicyclic) bond motifs is 1. The van der Waals surface area contributed by atoms with Crippen LogP contribution in [0.4, 0.5) is 15.0 Å². The summed E-state index contributed by atoms with van der Waals surface area (Å²) in [4.78, 5) is 26.5. The Morgan fingerprint density at radius 3 is 2.73 bits per heavy atom. The number of carbonyl (C=O) groups is 1. The van der Waals surface area contributed by atoms with Crippen LogP contribution in [0.25, 0.3) is 10.3 Å². The fraction of sp³-hybridized carbons (Fsp3) is 0.429. The minimum Gasteiger partial charge on any atom is -0.473 e. The van der Waals surface area contributed by atoms with Crippen LogP contribution in [0.15, 0.2) is 23.4 Å². The minimum atomic E-state index is -0.997. The summed E-state index contributed by atoms with van der Waals surface area (Å²) in [6.07, 6.45) is -0.997. The Kier molecular flexibility index (Phi) is 7.86. The Morgan fingerprint density at radius 2 is 2.09 bits per heavy atom. The molecule has 0 unspecified atom stereocenters. The molecule has 0 aliphatic heterocycles. The second-order valence-electron chi connectivity index (χ2n) is 8.30. The van der Waals surface area contributed by atoms with Gasteiger partial charge in [0.25, 0.3) is 5.19 Å². The second-order valence-corrected chi connectivity index (χ2v) is 10.6. The van der Waals surface area contributed by atoms with E-state index in [9.17, 15) is 14.3 Å². The number of thiazole rings is 1. The summed E-state index contributed by atoms with van der Waals surface area (Å²) < 4.78 is 20.2. The summed E-state index contributed by atoms with van der Waals surface area (Å²) >= 11 is 8.41. The number of benzene rings is 1. The zero-order valence-electron chi connectivity index (χ0n) is 18.8. The lowest BCUT2D eigenvalue weighted by molar-refractivity contribution is 0.0984. The number of thioether (sulfide) groups is 1. The molecule has 0 saturated heterocycles. The normalized spacial score (nSPS) is 12.6. The van der Waals surface area contributed by atoms with Crippen molar-refractivity contribution in [1.82, 2.24) is 19.9 Å². The van der Waals surface area contributed by atoms with Gasteiger partial charge in [0.15, 0.2) is 16.6 Å². The first-order valence-electron chi connectivity index (χ1n) is 10.0. The van der Waals surface area contributed by atoms with Gasteiger partial charge in [0.1, 0.15) is 10.5 Å². The van der Waals surface area contributed by atoms with E-state index in [-0.39, 0.29) is 23.4 Å². The third-order valence-corrected chi connectivity index (χ3v) is 6.86. The Bertz CT molecular complexity index is 1150. The van der Waals surface area contributed by atoms with E-state index in [1.54, 1.807) is 12.1 Å². The van der Waals surface area contributed by atoms with E-state index < -0.39 is 17.4 Å². The predicted molar refractivity (Wildman–Crippen MR) is 130 cm³/mol. The zero-order chi connectivity index (χ0) is 24.3. The van der Waals surface area contributed by atoms with Gasteiger partial charge in [-0.15, -0.1) is 0 Å². The van der Waals surface area contributed by atoms with Gasteiger partial charge in [0.05, 0.1) is 12.1 Å². The highest BCUT2D eigenvalue weighted by Crippen LogP contribution is 2.34. The summed E-state index contributed by atoms with van der Waals surface area (Å²) in [5, 5.41) is 13.8. The summed E-state index contributed by atoms with van der Waals surface area (Å²) in [6, 6.07) is 4.59. The quantitative estimate of drug-likeness (QED) is 0.289. The lowest BCUT2D eigenvalue weighted by Crippen LogP contribution is -2.49. The van der Waals surface area contributed by atoms with Crippen LogP contribution in [0.2, 0.25) is 5.02 Å². The number of aromatic nitrogens is 3. The van der Waals surface area contributed by atoms with E-state index >= 15 is 0 Å². The molecule has 1 aromatic carbocycles. The van der Waals surface area contributed by atoms with E-state index in [1.165, 1.54) is 41.2 Å². The third kappa shape index (κ3) is 6.15. The fourth-order valence-corrected chi connectivity index (χ4v) is 4.81. The molecule has 0 aliphatic rings. The smallest absolute Gasteiger partial charge is 0.407 e. The van der Waals surface area contributed by atoms with Gasteiger partial charge in [-0.05, 0) is 39.3 Å². The number of carboxylic acid groups (broad SMARTS) is 1. The zero-order valence-corrected chi connectivity index (χ0v) is 21.2. The van der Waals surface area contributed by atoms with Gasteiger partial charge in [-0.1, -0.05) is 46.8 Å². The molecule has 3 aromatic rings. The van der Waals surface area contributed by atoms with Crippen molar-refractivity contribution in [2.75, 3.05) is 19.0 Å². The molecule has 0 aliphatic carbocycles. The molecular weight excluding hydrogens is 489 g/mol. The molecule has 0 fully saturated rings. The lowest BCUT2D eigenvalue weighted by atomic mass is 10.1. The Balaban J connectivity index is 1.87. The highest BCUT2D eigenvalue weighted by Gasteiger charge is 2.28. The molecular formula is C21H25ClFN5O3S2. The van der Waals surface area contributed by atoms with Gasteiger partial charge in [0, 0.05) is 23.9 Å². The standard InChI is InChI=1S/C21H25ClFN5O3S2/c1-11(9-28(20(29)30)21(2,3)4)24-16-15-17(27-19(31-5)33-15)26-18(25-16)32-10-12-7-6-8-13(22)14(12)23/h6-8,11H,9-10H2,1-5H3,(H,29,30)(H,24,25,26)/t11-/m1/s1. The van der Waals surface area contributed by atoms with E-state index in [0.717, 1.165) is 0 Å². The Hall–Kier alpha value is -2.37. The molecule has 8 nitrogen and oxygen atoms in total. The maximum absolute atomic E-state index is 14.3. The maximum atomic E-state index is 14.3. The van der Waals surface area contributed by atoms with Gasteiger partial charge in [0.2, 0.25) is 0 Å². The fourth-order valence-electron chi connectivity index (χ4n) is 3.03. The van der Waals surface area contributed by atoms with Crippen molar-refractivity contribution in [2.45, 2.75) is 50.2 Å². The maximum Gasteiger partial charge on any atom is 0.407 e. The van der Waals surface area contributed by atoms with Crippen molar-refractivity contribution < 1.29 is 19.0 Å². The minimum absolute atomic E-state index is 0.0618. The van der Waals surface area contributed by atoms with Crippen molar-refractivity contribution >= 4 is 57.0 Å². The first kappa shape index (κ1) is 25.3. The number of methoxy groups -OCH3 is 1. The number of nitrogens with one attached hydrogen (secondary N) is 1. The van der Waals surface area contributed by atoms with Crippen molar-refractivity contribution in [2.24, 2.45) is 0 Å². The molecule has 1 amide bonds. The number of amides is 1. The highest BCUT2D eigenvalue weighted by atomic mass is 35.5. The largest absolute Gasteiger partial charge is 0.473 e. The third-order valence-electron chi connectivity index (χ3n) is 4.66. The van der Waals surface area contributed by atoms with Crippen LogP contribution in [-0.4, -0.2) is 56.3 Å². The summed E-state index contributed by atoms with van der Waals surface area (Å²) in [5.41, 5.74) is 0.331. The lowest BCUT2D eigenvalue weighted by Gasteiger charge is -2.35. The van der Waals surface area contributed by atoms with Gasteiger partial charge >= 0.3 is 6.09 Å². The molecule has 2 heterocycles. The van der Waals surface area contributed by atoms with Crippen LogP contribution in [0.1, 0.15) is 33.3 Å². The Morgan fingerprint density at radius 1 is 1.36 bits per heavy atom. The Labute approximate surface area is 204 Å². The highest BCUT2D eigenvalue weighted by molar-refractivity contribution is 7.98. The van der Waals surface area contributed by atoms with Crippen molar-refractivity contribution in [3.8, 4) is 5.19 Å². The van der Waals surface area contributed by atoms with Gasteiger partial charge in [-0.25, -0.2) is 19.2 Å². The molecule has 2 aromatic heterocycles. The molecule has 1 atom stereocenters. The van der Waals surface area contributed by atoms with Crippen LogP contribution < -0.4 is 10.1 Å². The number of hydrogen-bond donors (Lipinski definition) is 2. The molecule has 0 spiro atoms. The molecule has 12 heteroatoms. The molecule has 178 valence electrons. The van der Waals surface area contributed by atoms with Crippen LogP contribution >= 0.6 is 34.7 Å². The van der Waals surface area contributed by atoms with E-state index in [4.69, 9.17) is 16.3 Å². The molecule has 0 radical (unpaired) electrons. The number of hydrogen-bond acceptors (Lipinski definition) is 8. The van der Waals surface area contributed by atoms with E-state index in [1.807, 2.05) is 27.7 Å². The van der Waals surface area contributed by atoms with Crippen LogP contribution in [0.3, 0.4) is 0 Å². The summed E-state index contributed by atoms with van der Waals surface area (Å²) in [6.45, 7) is 7.65. The molecule has 3 rings (SSSR count). The van der Waals surface area contributed by atoms with Crippen LogP contribution in [0, 0.1) is 5.82 Å². The van der Waals surface area contributed by atoms with E-state index in [0.29, 0.717) is 32.1 Å². The van der Waals surface area contributed by atoms with Crippen molar-refractivity contribution in [3.05, 3.63) is 34.6 Å². The molecule has 0 bridgehead atoms. The number of nitrogens with zero attached hydrogens (tertiary/aromatic N) is 4. The first-order valence-corrected chi connectivity index (χ1v) is 12.2. The molecule has 2 N–H and O–H groups in total. The average molecular weight is 514 g/mol. The number of ether oxygens (including phenoxy) is 1. The van der Waals surface area contributed by atoms with Gasteiger partial charge in [-0.2, -0.15) is 4.98 Å². The first-order chi connectivity index (χ1) is 15.5. The van der Waals surface area contributed by atoms with Gasteiger partial charge in [-0.3, -0.25) is 0 Å². The monoisotopic (exact) mass is 513 g/mol. The van der Waals surface area contributed by atoms with Crippen LogP contribution in [-0.2, 0) is 5.75 Å². The van der Waals surface area contributed by atoms with Crippen LogP contribution in [0.5, 0.6) is 5.19 Å². The SMILES string of the molecule is COc1nc2nc(SCc3cccc(Cl)c3F)nc(N[C@H](C)CN(C(=O)O)C(C)(C)C)c2s1. The van der Waals surface area contributed by atoms with Crippen molar-refractivity contribution in [3.63, 3.8) is 0 Å². The molecule has 0 saturated carbocycles. The summed E-state index contributed by atoms with van der Waals surface area (Å²) in [5.74, 6) is 0.331. The number of rotatable bonds is 8.